The molecule has 7 heteroatoms. The van der Waals surface area contributed by atoms with E-state index in [-0.39, 0.29) is 23.8 Å². The molecule has 0 radical (unpaired) electrons. The van der Waals surface area contributed by atoms with E-state index in [1.54, 1.807) is 12.1 Å². The summed E-state index contributed by atoms with van der Waals surface area (Å²) in [5, 5.41) is 2.99. The molecule has 0 aromatic heterocycles. The molecule has 29 heavy (non-hydrogen) atoms. The van der Waals surface area contributed by atoms with Crippen molar-refractivity contribution in [3.8, 4) is 0 Å². The molecule has 0 saturated carbocycles. The Labute approximate surface area is 176 Å². The Bertz CT molecular complexity index is 1090. The molecule has 2 aromatic carbocycles. The molecule has 1 N–H and O–H groups in total. The van der Waals surface area contributed by atoms with Crippen LogP contribution in [0.15, 0.2) is 53.0 Å². The van der Waals surface area contributed by atoms with Crippen LogP contribution in [0.2, 0.25) is 0 Å². The van der Waals surface area contributed by atoms with E-state index >= 15 is 0 Å². The molecule has 0 unspecified atom stereocenters. The van der Waals surface area contributed by atoms with Gasteiger partial charge in [-0.2, -0.15) is 0 Å². The van der Waals surface area contributed by atoms with Crippen LogP contribution in [-0.2, 0) is 19.9 Å². The Morgan fingerprint density at radius 1 is 1.03 bits per heavy atom. The molecule has 3 amide bonds. The van der Waals surface area contributed by atoms with Crippen molar-refractivity contribution >= 4 is 45.0 Å². The van der Waals surface area contributed by atoms with E-state index in [2.05, 4.69) is 26.1 Å². The van der Waals surface area contributed by atoms with Gasteiger partial charge in [-0.1, -0.05) is 34.1 Å². The van der Waals surface area contributed by atoms with Gasteiger partial charge in [-0.05, 0) is 49.7 Å². The van der Waals surface area contributed by atoms with Gasteiger partial charge < -0.3 is 5.32 Å². The predicted molar refractivity (Wildman–Crippen MR) is 110 cm³/mol. The van der Waals surface area contributed by atoms with Gasteiger partial charge >= 0.3 is 0 Å². The zero-order valence-corrected chi connectivity index (χ0v) is 17.1. The van der Waals surface area contributed by atoms with Crippen LogP contribution in [0.25, 0.3) is 0 Å². The molecule has 1 spiro atoms. The van der Waals surface area contributed by atoms with E-state index < -0.39 is 17.4 Å². The summed E-state index contributed by atoms with van der Waals surface area (Å²) in [6.45, 7) is 0.711. The summed E-state index contributed by atoms with van der Waals surface area (Å²) in [6.07, 6.45) is 1.74. The Hall–Kier alpha value is -2.51. The summed E-state index contributed by atoms with van der Waals surface area (Å²) in [7, 11) is 0. The zero-order valence-electron chi connectivity index (χ0n) is 15.5. The number of nitrogens with zero attached hydrogens (tertiary/aromatic N) is 2. The molecular weight excluding hydrogens is 434 g/mol. The first kappa shape index (κ1) is 17.4. The standard InChI is InChI=1S/C22H18BrN3O3/c23-12-8-9-15-14(11-12)22(21(29)24-15)18-17(16-7-4-10-25(16)22)19(27)26(20(18)28)13-5-2-1-3-6-13/h1-3,5-6,8-9,11,16-18H,4,7,10H2,(H,24,29)/t16-,17+,18+,22-/m0/s1. The van der Waals surface area contributed by atoms with Crippen molar-refractivity contribution in [2.45, 2.75) is 24.4 Å². The second kappa shape index (κ2) is 5.77. The van der Waals surface area contributed by atoms with E-state index in [0.717, 1.165) is 28.6 Å². The summed E-state index contributed by atoms with van der Waals surface area (Å²) >= 11 is 3.52. The van der Waals surface area contributed by atoms with Gasteiger partial charge in [-0.3, -0.25) is 19.3 Å². The number of fused-ring (bicyclic) bond motifs is 7. The molecule has 3 saturated heterocycles. The van der Waals surface area contributed by atoms with Gasteiger partial charge in [0.05, 0.1) is 17.5 Å². The highest BCUT2D eigenvalue weighted by Gasteiger charge is 2.74. The normalized spacial score (nSPS) is 32.7. The summed E-state index contributed by atoms with van der Waals surface area (Å²) in [5.41, 5.74) is 0.973. The fourth-order valence-electron chi connectivity index (χ4n) is 6.01. The number of para-hydroxylation sites is 1. The number of nitrogens with one attached hydrogen (secondary N) is 1. The molecule has 4 aliphatic heterocycles. The van der Waals surface area contributed by atoms with Gasteiger partial charge in [-0.15, -0.1) is 0 Å². The molecular formula is C22H18BrN3O3. The molecule has 0 aliphatic carbocycles. The molecule has 4 atom stereocenters. The smallest absolute Gasteiger partial charge is 0.250 e. The largest absolute Gasteiger partial charge is 0.324 e. The second-order valence-electron chi connectivity index (χ2n) is 8.16. The highest BCUT2D eigenvalue weighted by atomic mass is 79.9. The SMILES string of the molecule is O=C1[C@@H]2[C@@H]3CCCN3[C@]3(C(=O)Nc4ccc(Br)cc43)[C@H]2C(=O)N1c1ccccc1. The molecule has 6 nitrogen and oxygen atoms in total. The fraction of sp³-hybridized carbons (Fsp3) is 0.318. The van der Waals surface area contributed by atoms with Gasteiger partial charge in [0, 0.05) is 21.8 Å². The van der Waals surface area contributed by atoms with Crippen molar-refractivity contribution < 1.29 is 14.4 Å². The van der Waals surface area contributed by atoms with Crippen LogP contribution in [0, 0.1) is 11.8 Å². The molecule has 3 fully saturated rings. The number of anilines is 2. The van der Waals surface area contributed by atoms with Crippen LogP contribution < -0.4 is 10.2 Å². The van der Waals surface area contributed by atoms with Crippen LogP contribution in [0.5, 0.6) is 0 Å². The van der Waals surface area contributed by atoms with Crippen LogP contribution in [-0.4, -0.2) is 35.2 Å². The van der Waals surface area contributed by atoms with Gasteiger partial charge in [0.25, 0.3) is 0 Å². The van der Waals surface area contributed by atoms with Gasteiger partial charge in [0.1, 0.15) is 5.54 Å². The minimum absolute atomic E-state index is 0.0964. The number of imide groups is 1. The first-order valence-electron chi connectivity index (χ1n) is 9.86. The number of halogens is 1. The van der Waals surface area contributed by atoms with E-state index in [1.807, 2.05) is 36.4 Å². The van der Waals surface area contributed by atoms with Crippen molar-refractivity contribution in [1.82, 2.24) is 4.90 Å². The van der Waals surface area contributed by atoms with Crippen molar-refractivity contribution in [1.29, 1.82) is 0 Å². The monoisotopic (exact) mass is 451 g/mol. The van der Waals surface area contributed by atoms with Crippen LogP contribution in [0.4, 0.5) is 11.4 Å². The van der Waals surface area contributed by atoms with Crippen LogP contribution in [0.1, 0.15) is 18.4 Å². The molecule has 4 heterocycles. The Morgan fingerprint density at radius 3 is 2.62 bits per heavy atom. The third-order valence-electron chi connectivity index (χ3n) is 6.97. The number of rotatable bonds is 1. The number of carbonyl (C=O) groups excluding carboxylic acids is 3. The third kappa shape index (κ3) is 1.97. The first-order valence-corrected chi connectivity index (χ1v) is 10.7. The summed E-state index contributed by atoms with van der Waals surface area (Å²) in [6, 6.07) is 14.6. The van der Waals surface area contributed by atoms with E-state index in [1.165, 1.54) is 4.90 Å². The third-order valence-corrected chi connectivity index (χ3v) is 7.46. The van der Waals surface area contributed by atoms with Gasteiger partial charge in [0.15, 0.2) is 0 Å². The lowest BCUT2D eigenvalue weighted by molar-refractivity contribution is -0.135. The maximum atomic E-state index is 13.7. The number of amides is 3. The minimum atomic E-state index is -1.12. The Balaban J connectivity index is 1.58. The average Bonchev–Trinajstić information content (AvgIpc) is 3.41. The predicted octanol–water partition coefficient (Wildman–Crippen LogP) is 2.88. The van der Waals surface area contributed by atoms with Gasteiger partial charge in [0.2, 0.25) is 17.7 Å². The topological polar surface area (TPSA) is 69.7 Å². The molecule has 2 aromatic rings. The lowest BCUT2D eigenvalue weighted by Gasteiger charge is -2.36. The van der Waals surface area contributed by atoms with Crippen molar-refractivity contribution in [3.05, 3.63) is 58.6 Å². The summed E-state index contributed by atoms with van der Waals surface area (Å²) in [4.78, 5) is 44.2. The second-order valence-corrected chi connectivity index (χ2v) is 9.08. The minimum Gasteiger partial charge on any atom is -0.324 e. The van der Waals surface area contributed by atoms with Gasteiger partial charge in [-0.25, -0.2) is 4.90 Å². The average molecular weight is 452 g/mol. The lowest BCUT2D eigenvalue weighted by Crippen LogP contribution is -2.54. The number of benzene rings is 2. The van der Waals surface area contributed by atoms with Crippen LogP contribution in [0.3, 0.4) is 0 Å². The molecule has 0 bridgehead atoms. The fourth-order valence-corrected chi connectivity index (χ4v) is 6.37. The Morgan fingerprint density at radius 2 is 1.83 bits per heavy atom. The Kier molecular flexibility index (Phi) is 3.45. The molecule has 4 aliphatic rings. The highest BCUT2D eigenvalue weighted by Crippen LogP contribution is 2.60. The number of hydrogen-bond donors (Lipinski definition) is 1. The van der Waals surface area contributed by atoms with Crippen molar-refractivity contribution in [3.63, 3.8) is 0 Å². The highest BCUT2D eigenvalue weighted by molar-refractivity contribution is 9.10. The first-order chi connectivity index (χ1) is 14.0. The molecule has 146 valence electrons. The van der Waals surface area contributed by atoms with E-state index in [9.17, 15) is 14.4 Å². The zero-order chi connectivity index (χ0) is 19.9. The summed E-state index contributed by atoms with van der Waals surface area (Å²) in [5.74, 6) is -1.86. The van der Waals surface area contributed by atoms with Crippen LogP contribution >= 0.6 is 15.9 Å². The number of hydrogen-bond acceptors (Lipinski definition) is 4. The number of carbonyl (C=O) groups is 3. The van der Waals surface area contributed by atoms with Crippen molar-refractivity contribution in [2.24, 2.45) is 11.8 Å². The maximum absolute atomic E-state index is 13.7. The summed E-state index contributed by atoms with van der Waals surface area (Å²) < 4.78 is 0.850. The molecule has 6 rings (SSSR count). The van der Waals surface area contributed by atoms with E-state index in [0.29, 0.717) is 12.2 Å². The van der Waals surface area contributed by atoms with Crippen molar-refractivity contribution in [2.75, 3.05) is 16.8 Å². The maximum Gasteiger partial charge on any atom is 0.250 e. The quantitative estimate of drug-likeness (QED) is 0.676. The van der Waals surface area contributed by atoms with E-state index in [4.69, 9.17) is 0 Å². The lowest BCUT2D eigenvalue weighted by atomic mass is 9.75.